The highest BCUT2D eigenvalue weighted by molar-refractivity contribution is 6.52. The second-order valence-electron chi connectivity index (χ2n) is 9.16. The van der Waals surface area contributed by atoms with Crippen LogP contribution in [0.3, 0.4) is 0 Å². The first kappa shape index (κ1) is 22.7. The summed E-state index contributed by atoms with van der Waals surface area (Å²) in [6, 6.07) is 15.4. The molecule has 1 atom stereocenters. The van der Waals surface area contributed by atoms with Crippen LogP contribution in [0.15, 0.2) is 72.6 Å². The number of carbonyl (C=O) groups is 2. The largest absolute Gasteiger partial charge is 0.507 e. The van der Waals surface area contributed by atoms with Gasteiger partial charge in [-0.05, 0) is 53.3 Å². The molecular formula is C27H25ClN2O3. The van der Waals surface area contributed by atoms with Gasteiger partial charge < -0.3 is 5.11 Å². The van der Waals surface area contributed by atoms with Crippen molar-refractivity contribution in [1.82, 2.24) is 4.98 Å². The van der Waals surface area contributed by atoms with E-state index >= 15 is 0 Å². The summed E-state index contributed by atoms with van der Waals surface area (Å²) in [4.78, 5) is 32.0. The maximum absolute atomic E-state index is 13.3. The van der Waals surface area contributed by atoms with E-state index in [2.05, 4.69) is 25.8 Å². The average Bonchev–Trinajstić information content (AvgIpc) is 3.06. The van der Waals surface area contributed by atoms with Gasteiger partial charge >= 0.3 is 0 Å². The Kier molecular flexibility index (Phi) is 5.85. The van der Waals surface area contributed by atoms with Gasteiger partial charge in [0.2, 0.25) is 0 Å². The van der Waals surface area contributed by atoms with Gasteiger partial charge in [0, 0.05) is 28.7 Å². The molecule has 6 heteroatoms. The van der Waals surface area contributed by atoms with Crippen LogP contribution in [0.1, 0.15) is 49.1 Å². The Balaban J connectivity index is 1.96. The highest BCUT2D eigenvalue weighted by Crippen LogP contribution is 2.44. The van der Waals surface area contributed by atoms with E-state index < -0.39 is 17.7 Å². The number of ketones is 1. The number of halogens is 1. The van der Waals surface area contributed by atoms with E-state index in [1.54, 1.807) is 37.3 Å². The van der Waals surface area contributed by atoms with E-state index in [-0.39, 0.29) is 16.7 Å². The number of benzene rings is 2. The van der Waals surface area contributed by atoms with Gasteiger partial charge in [-0.2, -0.15) is 0 Å². The van der Waals surface area contributed by atoms with E-state index in [0.717, 1.165) is 11.1 Å². The third kappa shape index (κ3) is 4.05. The van der Waals surface area contributed by atoms with Crippen molar-refractivity contribution >= 4 is 34.7 Å². The van der Waals surface area contributed by atoms with Crippen molar-refractivity contribution in [1.29, 1.82) is 0 Å². The summed E-state index contributed by atoms with van der Waals surface area (Å²) in [6.07, 6.45) is 3.05. The standard InChI is InChI=1S/C27H25ClN2O3/c1-16-20(28)6-5-7-21(16)30-23(17-8-10-19(11-9-17)27(2,3)4)22(25(32)26(30)33)24(31)18-12-14-29-15-13-18/h5-15,23,31H,1-4H3/b24-22+. The highest BCUT2D eigenvalue weighted by Gasteiger charge is 2.47. The van der Waals surface area contributed by atoms with E-state index in [1.807, 2.05) is 24.3 Å². The van der Waals surface area contributed by atoms with Gasteiger partial charge in [0.1, 0.15) is 5.76 Å². The molecule has 33 heavy (non-hydrogen) atoms. The van der Waals surface area contributed by atoms with Gasteiger partial charge in [0.15, 0.2) is 0 Å². The Morgan fingerprint density at radius 2 is 1.64 bits per heavy atom. The molecule has 1 aliphatic heterocycles. The van der Waals surface area contributed by atoms with Crippen LogP contribution in [0.4, 0.5) is 5.69 Å². The fraction of sp³-hybridized carbons (Fsp3) is 0.222. The molecule has 0 aliphatic carbocycles. The molecule has 0 saturated carbocycles. The topological polar surface area (TPSA) is 70.5 Å². The maximum Gasteiger partial charge on any atom is 0.300 e. The molecule has 1 amide bonds. The molecule has 1 aliphatic rings. The zero-order valence-electron chi connectivity index (χ0n) is 19.0. The van der Waals surface area contributed by atoms with E-state index in [1.165, 1.54) is 17.3 Å². The van der Waals surface area contributed by atoms with E-state index in [4.69, 9.17) is 11.6 Å². The number of amides is 1. The predicted octanol–water partition coefficient (Wildman–Crippen LogP) is 5.97. The van der Waals surface area contributed by atoms with Gasteiger partial charge in [-0.3, -0.25) is 19.5 Å². The molecule has 2 heterocycles. The summed E-state index contributed by atoms with van der Waals surface area (Å²) in [5.41, 5.74) is 3.45. The fourth-order valence-corrected chi connectivity index (χ4v) is 4.25. The average molecular weight is 461 g/mol. The second kappa shape index (κ2) is 8.49. The zero-order valence-corrected chi connectivity index (χ0v) is 19.7. The maximum atomic E-state index is 13.3. The quantitative estimate of drug-likeness (QED) is 0.297. The molecule has 1 fully saturated rings. The first-order chi connectivity index (χ1) is 15.6. The van der Waals surface area contributed by atoms with Crippen molar-refractivity contribution in [3.8, 4) is 0 Å². The SMILES string of the molecule is Cc1c(Cl)cccc1N1C(=O)C(=O)/C(=C(/O)c2ccncc2)C1c1ccc(C(C)(C)C)cc1. The van der Waals surface area contributed by atoms with Crippen LogP contribution in [0.5, 0.6) is 0 Å². The normalized spacial score (nSPS) is 18.1. The van der Waals surface area contributed by atoms with Gasteiger partial charge in [0.25, 0.3) is 11.7 Å². The minimum absolute atomic E-state index is 0.0362. The highest BCUT2D eigenvalue weighted by atomic mass is 35.5. The second-order valence-corrected chi connectivity index (χ2v) is 9.57. The molecule has 0 spiro atoms. The van der Waals surface area contributed by atoms with Crippen LogP contribution >= 0.6 is 11.6 Å². The Bertz CT molecular complexity index is 1260. The van der Waals surface area contributed by atoms with E-state index in [9.17, 15) is 14.7 Å². The number of pyridine rings is 1. The molecule has 1 aromatic heterocycles. The zero-order chi connectivity index (χ0) is 23.9. The predicted molar refractivity (Wildman–Crippen MR) is 130 cm³/mol. The first-order valence-electron chi connectivity index (χ1n) is 10.7. The number of nitrogens with zero attached hydrogens (tertiary/aromatic N) is 2. The minimum Gasteiger partial charge on any atom is -0.507 e. The molecule has 1 N–H and O–H groups in total. The lowest BCUT2D eigenvalue weighted by Gasteiger charge is -2.28. The van der Waals surface area contributed by atoms with E-state index in [0.29, 0.717) is 21.8 Å². The van der Waals surface area contributed by atoms with Crippen molar-refractivity contribution in [3.05, 3.63) is 99.8 Å². The number of aromatic nitrogens is 1. The molecule has 2 aromatic carbocycles. The van der Waals surface area contributed by atoms with Crippen LogP contribution in [0, 0.1) is 6.92 Å². The number of hydrogen-bond donors (Lipinski definition) is 1. The summed E-state index contributed by atoms with van der Waals surface area (Å²) in [7, 11) is 0. The molecule has 1 unspecified atom stereocenters. The van der Waals surface area contributed by atoms with Crippen LogP contribution in [-0.4, -0.2) is 21.8 Å². The third-order valence-electron chi connectivity index (χ3n) is 5.99. The molecule has 3 aromatic rings. The summed E-state index contributed by atoms with van der Waals surface area (Å²) >= 11 is 6.34. The van der Waals surface area contributed by atoms with Gasteiger partial charge in [0.05, 0.1) is 11.6 Å². The van der Waals surface area contributed by atoms with Crippen molar-refractivity contribution in [3.63, 3.8) is 0 Å². The Labute approximate surface area is 198 Å². The Hall–Kier alpha value is -3.44. The van der Waals surface area contributed by atoms with Crippen molar-refractivity contribution in [2.24, 2.45) is 0 Å². The Morgan fingerprint density at radius 3 is 2.24 bits per heavy atom. The number of rotatable bonds is 3. The summed E-state index contributed by atoms with van der Waals surface area (Å²) in [6.45, 7) is 8.16. The summed E-state index contributed by atoms with van der Waals surface area (Å²) in [5.74, 6) is -1.68. The number of hydrogen-bond acceptors (Lipinski definition) is 4. The molecule has 1 saturated heterocycles. The monoisotopic (exact) mass is 460 g/mol. The number of Topliss-reactive ketones (excluding diaryl/α,β-unsaturated/α-hetero) is 1. The molecular weight excluding hydrogens is 436 g/mol. The van der Waals surface area contributed by atoms with Crippen molar-refractivity contribution in [2.75, 3.05) is 4.90 Å². The number of aliphatic hydroxyl groups excluding tert-OH is 1. The molecule has 0 bridgehead atoms. The number of carbonyl (C=O) groups excluding carboxylic acids is 2. The Morgan fingerprint density at radius 1 is 1.00 bits per heavy atom. The number of aliphatic hydroxyl groups is 1. The van der Waals surface area contributed by atoms with Crippen LogP contribution < -0.4 is 4.90 Å². The minimum atomic E-state index is -0.802. The molecule has 168 valence electrons. The molecule has 5 nitrogen and oxygen atoms in total. The summed E-state index contributed by atoms with van der Waals surface area (Å²) in [5, 5.41) is 11.6. The first-order valence-corrected chi connectivity index (χ1v) is 11.1. The van der Waals surface area contributed by atoms with Gasteiger partial charge in [-0.25, -0.2) is 0 Å². The summed E-state index contributed by atoms with van der Waals surface area (Å²) < 4.78 is 0. The van der Waals surface area contributed by atoms with Gasteiger partial charge in [-0.1, -0.05) is 62.7 Å². The lowest BCUT2D eigenvalue weighted by Crippen LogP contribution is -2.30. The van der Waals surface area contributed by atoms with Crippen molar-refractivity contribution < 1.29 is 14.7 Å². The fourth-order valence-electron chi connectivity index (χ4n) is 4.08. The lowest BCUT2D eigenvalue weighted by molar-refractivity contribution is -0.132. The number of anilines is 1. The molecule has 4 rings (SSSR count). The smallest absolute Gasteiger partial charge is 0.300 e. The molecule has 0 radical (unpaired) electrons. The van der Waals surface area contributed by atoms with Gasteiger partial charge in [-0.15, -0.1) is 0 Å². The van der Waals surface area contributed by atoms with Crippen LogP contribution in [0.2, 0.25) is 5.02 Å². The lowest BCUT2D eigenvalue weighted by atomic mass is 9.85. The van der Waals surface area contributed by atoms with Crippen molar-refractivity contribution in [2.45, 2.75) is 39.2 Å². The van der Waals surface area contributed by atoms with Crippen LogP contribution in [-0.2, 0) is 15.0 Å². The van der Waals surface area contributed by atoms with Crippen LogP contribution in [0.25, 0.3) is 5.76 Å². The third-order valence-corrected chi connectivity index (χ3v) is 6.40.